The van der Waals surface area contributed by atoms with Crippen LogP contribution in [0.1, 0.15) is 47.9 Å². The van der Waals surface area contributed by atoms with Crippen molar-refractivity contribution in [2.75, 3.05) is 11.4 Å². The number of anilines is 1. The van der Waals surface area contributed by atoms with Crippen LogP contribution in [0.25, 0.3) is 0 Å². The monoisotopic (exact) mass is 248 g/mol. The van der Waals surface area contributed by atoms with Gasteiger partial charge in [-0.05, 0) is 46.1 Å². The third-order valence-electron chi connectivity index (χ3n) is 3.63. The van der Waals surface area contributed by atoms with E-state index in [1.54, 1.807) is 6.92 Å². The number of pyridine rings is 1. The second kappa shape index (κ2) is 4.96. The van der Waals surface area contributed by atoms with Crippen LogP contribution in [0.3, 0.4) is 0 Å². The van der Waals surface area contributed by atoms with Crippen molar-refractivity contribution in [2.45, 2.75) is 46.1 Å². The summed E-state index contributed by atoms with van der Waals surface area (Å²) in [6, 6.07) is 2.30. The Morgan fingerprint density at radius 2 is 2.17 bits per heavy atom. The van der Waals surface area contributed by atoms with Gasteiger partial charge in [-0.3, -0.25) is 4.98 Å². The van der Waals surface area contributed by atoms with Crippen LogP contribution in [0.2, 0.25) is 0 Å². The van der Waals surface area contributed by atoms with Crippen molar-refractivity contribution in [2.24, 2.45) is 0 Å². The third kappa shape index (κ3) is 2.33. The van der Waals surface area contributed by atoms with Crippen LogP contribution in [-0.2, 0) is 0 Å². The van der Waals surface area contributed by atoms with E-state index < -0.39 is 5.97 Å². The van der Waals surface area contributed by atoms with Crippen molar-refractivity contribution >= 4 is 11.7 Å². The summed E-state index contributed by atoms with van der Waals surface area (Å²) >= 11 is 0. The summed E-state index contributed by atoms with van der Waals surface area (Å²) in [5, 5.41) is 9.39. The molecular formula is C14H20N2O2. The summed E-state index contributed by atoms with van der Waals surface area (Å²) in [5.74, 6) is -0.882. The number of carboxylic acids is 1. The third-order valence-corrected chi connectivity index (χ3v) is 3.63. The number of hydrogen-bond acceptors (Lipinski definition) is 3. The van der Waals surface area contributed by atoms with Gasteiger partial charge < -0.3 is 10.0 Å². The molecule has 98 valence electrons. The highest BCUT2D eigenvalue weighted by Crippen LogP contribution is 2.29. The molecule has 18 heavy (non-hydrogen) atoms. The van der Waals surface area contributed by atoms with Crippen molar-refractivity contribution in [1.82, 2.24) is 4.98 Å². The smallest absolute Gasteiger partial charge is 0.339 e. The highest BCUT2D eigenvalue weighted by atomic mass is 16.4. The fourth-order valence-corrected chi connectivity index (χ4v) is 2.75. The molecule has 1 N–H and O–H groups in total. The van der Waals surface area contributed by atoms with Gasteiger partial charge in [0.25, 0.3) is 0 Å². The van der Waals surface area contributed by atoms with Gasteiger partial charge in [-0.25, -0.2) is 4.79 Å². The Morgan fingerprint density at radius 1 is 1.44 bits per heavy atom. The Morgan fingerprint density at radius 3 is 2.78 bits per heavy atom. The number of nitrogens with zero attached hydrogens (tertiary/aromatic N) is 2. The highest BCUT2D eigenvalue weighted by Gasteiger charge is 2.25. The highest BCUT2D eigenvalue weighted by molar-refractivity contribution is 5.95. The number of aromatic carboxylic acids is 1. The molecule has 0 bridgehead atoms. The molecule has 1 aromatic heterocycles. The van der Waals surface area contributed by atoms with E-state index in [4.69, 9.17) is 0 Å². The van der Waals surface area contributed by atoms with Crippen LogP contribution in [0, 0.1) is 13.8 Å². The Kier molecular flexibility index (Phi) is 3.55. The van der Waals surface area contributed by atoms with Crippen molar-refractivity contribution in [3.8, 4) is 0 Å². The SMILES string of the molecule is Cc1cc(N2CCCCC2C)c(C(=O)O)c(C)n1. The molecule has 1 aliphatic heterocycles. The lowest BCUT2D eigenvalue weighted by Crippen LogP contribution is -2.38. The molecule has 0 aromatic carbocycles. The quantitative estimate of drug-likeness (QED) is 0.874. The number of aromatic nitrogens is 1. The van der Waals surface area contributed by atoms with E-state index >= 15 is 0 Å². The van der Waals surface area contributed by atoms with Crippen LogP contribution in [0.4, 0.5) is 5.69 Å². The summed E-state index contributed by atoms with van der Waals surface area (Å²) in [6.07, 6.45) is 3.48. The zero-order valence-electron chi connectivity index (χ0n) is 11.2. The first-order valence-corrected chi connectivity index (χ1v) is 6.49. The lowest BCUT2D eigenvalue weighted by atomic mass is 10.0. The van der Waals surface area contributed by atoms with E-state index in [9.17, 15) is 9.90 Å². The zero-order chi connectivity index (χ0) is 13.3. The van der Waals surface area contributed by atoms with Crippen molar-refractivity contribution in [3.05, 3.63) is 23.0 Å². The number of hydrogen-bond donors (Lipinski definition) is 1. The van der Waals surface area contributed by atoms with Gasteiger partial charge in [0.15, 0.2) is 0 Å². The molecular weight excluding hydrogens is 228 g/mol. The maximum absolute atomic E-state index is 11.4. The van der Waals surface area contributed by atoms with E-state index in [2.05, 4.69) is 16.8 Å². The normalized spacial score (nSPS) is 19.9. The predicted octanol–water partition coefficient (Wildman–Crippen LogP) is 2.78. The van der Waals surface area contributed by atoms with E-state index in [0.29, 0.717) is 17.3 Å². The zero-order valence-corrected chi connectivity index (χ0v) is 11.2. The van der Waals surface area contributed by atoms with E-state index in [1.807, 2.05) is 13.0 Å². The number of rotatable bonds is 2. The Balaban J connectivity index is 2.50. The lowest BCUT2D eigenvalue weighted by Gasteiger charge is -2.36. The van der Waals surface area contributed by atoms with Gasteiger partial charge in [-0.15, -0.1) is 0 Å². The van der Waals surface area contributed by atoms with Crippen LogP contribution in [0.15, 0.2) is 6.07 Å². The van der Waals surface area contributed by atoms with Crippen molar-refractivity contribution < 1.29 is 9.90 Å². The van der Waals surface area contributed by atoms with Gasteiger partial charge in [0, 0.05) is 18.3 Å². The molecule has 2 heterocycles. The minimum absolute atomic E-state index is 0.356. The lowest BCUT2D eigenvalue weighted by molar-refractivity contribution is 0.0696. The number of carbonyl (C=O) groups is 1. The van der Waals surface area contributed by atoms with E-state index in [-0.39, 0.29) is 0 Å². The molecule has 1 saturated heterocycles. The molecule has 0 spiro atoms. The summed E-state index contributed by atoms with van der Waals surface area (Å²) in [4.78, 5) is 17.9. The molecule has 1 unspecified atom stereocenters. The van der Waals surface area contributed by atoms with Gasteiger partial charge in [-0.2, -0.15) is 0 Å². The molecule has 1 atom stereocenters. The summed E-state index contributed by atoms with van der Waals surface area (Å²) in [5.41, 5.74) is 2.68. The number of piperidine rings is 1. The molecule has 1 aliphatic rings. The standard InChI is InChI=1S/C14H20N2O2/c1-9-8-12(13(14(17)18)11(3)15-9)16-7-5-4-6-10(16)2/h8,10H,4-7H2,1-3H3,(H,17,18). The maximum Gasteiger partial charge on any atom is 0.339 e. The van der Waals surface area contributed by atoms with Crippen LogP contribution in [0.5, 0.6) is 0 Å². The topological polar surface area (TPSA) is 53.4 Å². The average molecular weight is 248 g/mol. The Labute approximate surface area is 108 Å². The Hall–Kier alpha value is -1.58. The molecule has 0 radical (unpaired) electrons. The van der Waals surface area contributed by atoms with Gasteiger partial charge in [0.05, 0.1) is 11.4 Å². The molecule has 1 aromatic rings. The summed E-state index contributed by atoms with van der Waals surface area (Å²) in [6.45, 7) is 6.78. The minimum atomic E-state index is -0.882. The summed E-state index contributed by atoms with van der Waals surface area (Å²) in [7, 11) is 0. The van der Waals surface area contributed by atoms with E-state index in [1.165, 1.54) is 6.42 Å². The van der Waals surface area contributed by atoms with Crippen LogP contribution in [-0.4, -0.2) is 28.6 Å². The molecule has 0 amide bonds. The average Bonchev–Trinajstić information content (AvgIpc) is 2.27. The van der Waals surface area contributed by atoms with Gasteiger partial charge >= 0.3 is 5.97 Å². The first-order chi connectivity index (χ1) is 8.50. The minimum Gasteiger partial charge on any atom is -0.478 e. The van der Waals surface area contributed by atoms with Gasteiger partial charge in [0.2, 0.25) is 0 Å². The van der Waals surface area contributed by atoms with Crippen molar-refractivity contribution in [3.63, 3.8) is 0 Å². The fraction of sp³-hybridized carbons (Fsp3) is 0.571. The molecule has 4 heteroatoms. The number of carboxylic acid groups (broad SMARTS) is 1. The second-order valence-corrected chi connectivity index (χ2v) is 5.09. The fourth-order valence-electron chi connectivity index (χ4n) is 2.75. The maximum atomic E-state index is 11.4. The molecule has 0 saturated carbocycles. The molecule has 1 fully saturated rings. The Bertz CT molecular complexity index is 471. The predicted molar refractivity (Wildman–Crippen MR) is 71.3 cm³/mol. The largest absolute Gasteiger partial charge is 0.478 e. The first-order valence-electron chi connectivity index (χ1n) is 6.49. The second-order valence-electron chi connectivity index (χ2n) is 5.09. The molecule has 0 aliphatic carbocycles. The van der Waals surface area contributed by atoms with Crippen LogP contribution >= 0.6 is 0 Å². The number of aryl methyl sites for hydroxylation is 2. The van der Waals surface area contributed by atoms with E-state index in [0.717, 1.165) is 30.8 Å². The first kappa shape index (κ1) is 12.9. The molecule has 4 nitrogen and oxygen atoms in total. The van der Waals surface area contributed by atoms with Crippen LogP contribution < -0.4 is 4.90 Å². The molecule has 2 rings (SSSR count). The van der Waals surface area contributed by atoms with Crippen molar-refractivity contribution in [1.29, 1.82) is 0 Å². The van der Waals surface area contributed by atoms with Gasteiger partial charge in [0.1, 0.15) is 5.56 Å². The van der Waals surface area contributed by atoms with Gasteiger partial charge in [-0.1, -0.05) is 0 Å². The summed E-state index contributed by atoms with van der Waals surface area (Å²) < 4.78 is 0.